The van der Waals surface area contributed by atoms with Crippen LogP contribution in [0.1, 0.15) is 12.7 Å². The average molecular weight is 308 g/mol. The molecule has 0 saturated carbocycles. The summed E-state index contributed by atoms with van der Waals surface area (Å²) in [7, 11) is 0. The third-order valence-corrected chi connectivity index (χ3v) is 4.59. The first-order valence-electron chi connectivity index (χ1n) is 7.00. The summed E-state index contributed by atoms with van der Waals surface area (Å²) in [6.45, 7) is 1.99. The van der Waals surface area contributed by atoms with Crippen LogP contribution in [0.4, 0.5) is 0 Å². The molecule has 0 atom stereocenters. The van der Waals surface area contributed by atoms with E-state index in [1.165, 1.54) is 11.3 Å². The van der Waals surface area contributed by atoms with E-state index < -0.39 is 0 Å². The van der Waals surface area contributed by atoms with Gasteiger partial charge in [-0.15, -0.1) is 11.3 Å². The van der Waals surface area contributed by atoms with Crippen molar-refractivity contribution in [1.29, 1.82) is 0 Å². The van der Waals surface area contributed by atoms with Crippen LogP contribution in [0.25, 0.3) is 26.3 Å². The molecule has 0 radical (unpaired) electrons. The minimum atomic E-state index is -0.0575. The lowest BCUT2D eigenvalue weighted by Gasteiger charge is -2.10. The minimum Gasteiger partial charge on any atom is -0.267 e. The van der Waals surface area contributed by atoms with Gasteiger partial charge in [-0.3, -0.25) is 9.36 Å². The van der Waals surface area contributed by atoms with Gasteiger partial charge in [-0.2, -0.15) is 0 Å². The van der Waals surface area contributed by atoms with Crippen LogP contribution < -0.4 is 5.56 Å². The van der Waals surface area contributed by atoms with Gasteiger partial charge in [0.2, 0.25) is 0 Å². The average Bonchev–Trinajstić information content (AvgIpc) is 2.94. The third-order valence-electron chi connectivity index (χ3n) is 3.53. The van der Waals surface area contributed by atoms with Crippen molar-refractivity contribution in [3.63, 3.8) is 0 Å². The Bertz CT molecular complexity index is 1040. The number of fused-ring (bicyclic) bond motifs is 3. The van der Waals surface area contributed by atoms with Gasteiger partial charge in [-0.25, -0.2) is 15.0 Å². The molecule has 4 aromatic rings. The van der Waals surface area contributed by atoms with Crippen LogP contribution in [0.5, 0.6) is 0 Å². The van der Waals surface area contributed by atoms with Gasteiger partial charge in [0.1, 0.15) is 26.4 Å². The second kappa shape index (κ2) is 4.99. The van der Waals surface area contributed by atoms with Crippen molar-refractivity contribution in [2.24, 2.45) is 0 Å². The first-order valence-corrected chi connectivity index (χ1v) is 7.82. The van der Waals surface area contributed by atoms with Crippen LogP contribution in [-0.2, 0) is 6.42 Å². The van der Waals surface area contributed by atoms with Crippen LogP contribution >= 0.6 is 11.3 Å². The van der Waals surface area contributed by atoms with Gasteiger partial charge in [0, 0.05) is 18.8 Å². The summed E-state index contributed by atoms with van der Waals surface area (Å²) >= 11 is 1.35. The van der Waals surface area contributed by atoms with Crippen LogP contribution in [0, 0.1) is 0 Å². The van der Waals surface area contributed by atoms with Gasteiger partial charge in [-0.05, 0) is 12.1 Å². The van der Waals surface area contributed by atoms with E-state index in [9.17, 15) is 4.79 Å². The van der Waals surface area contributed by atoms with E-state index in [0.717, 1.165) is 16.3 Å². The molecular weight excluding hydrogens is 296 g/mol. The number of aryl methyl sites for hydroxylation is 1. The highest BCUT2D eigenvalue weighted by Crippen LogP contribution is 2.27. The van der Waals surface area contributed by atoms with E-state index in [1.807, 2.05) is 37.3 Å². The Kier molecular flexibility index (Phi) is 2.97. The van der Waals surface area contributed by atoms with Crippen molar-refractivity contribution in [2.45, 2.75) is 13.3 Å². The first-order chi connectivity index (χ1) is 10.8. The summed E-state index contributed by atoms with van der Waals surface area (Å²) in [6, 6.07) is 9.59. The summed E-state index contributed by atoms with van der Waals surface area (Å²) in [6.07, 6.45) is 3.93. The van der Waals surface area contributed by atoms with Crippen molar-refractivity contribution in [3.8, 4) is 5.69 Å². The summed E-state index contributed by atoms with van der Waals surface area (Å²) in [5.74, 6) is 0.731. The van der Waals surface area contributed by atoms with Crippen LogP contribution in [0.2, 0.25) is 0 Å². The van der Waals surface area contributed by atoms with Crippen LogP contribution in [0.15, 0.2) is 47.5 Å². The predicted molar refractivity (Wildman–Crippen MR) is 87.7 cm³/mol. The Balaban J connectivity index is 2.16. The fourth-order valence-electron chi connectivity index (χ4n) is 2.54. The normalized spacial score (nSPS) is 11.3. The molecule has 0 saturated heterocycles. The summed E-state index contributed by atoms with van der Waals surface area (Å²) < 4.78 is 2.28. The molecule has 0 aliphatic rings. The molecule has 5 nitrogen and oxygen atoms in total. The summed E-state index contributed by atoms with van der Waals surface area (Å²) in [5.41, 5.74) is 2.13. The van der Waals surface area contributed by atoms with Gasteiger partial charge in [0.05, 0.1) is 5.69 Å². The molecule has 0 amide bonds. The number of nitrogens with zero attached hydrogens (tertiary/aromatic N) is 4. The topological polar surface area (TPSA) is 60.7 Å². The predicted octanol–water partition coefficient (Wildman–Crippen LogP) is 2.95. The van der Waals surface area contributed by atoms with E-state index >= 15 is 0 Å². The second-order valence-electron chi connectivity index (χ2n) is 4.85. The molecule has 3 heterocycles. The number of thiophene rings is 1. The van der Waals surface area contributed by atoms with E-state index in [4.69, 9.17) is 0 Å². The number of benzene rings is 1. The monoisotopic (exact) mass is 308 g/mol. The zero-order chi connectivity index (χ0) is 15.1. The summed E-state index contributed by atoms with van der Waals surface area (Å²) in [4.78, 5) is 27.0. The summed E-state index contributed by atoms with van der Waals surface area (Å²) in [5, 5.41) is 0. The van der Waals surface area contributed by atoms with E-state index in [2.05, 4.69) is 15.0 Å². The third kappa shape index (κ3) is 1.84. The van der Waals surface area contributed by atoms with Crippen LogP contribution in [-0.4, -0.2) is 19.5 Å². The standard InChI is InChI=1S/C16H12N4OS/c1-2-11-19-12-13-15(18-9-8-17-13)22-14(12)16(21)20(11)10-6-4-3-5-7-10/h3-9H,2H2,1H3. The molecule has 22 heavy (non-hydrogen) atoms. The lowest BCUT2D eigenvalue weighted by Crippen LogP contribution is -2.22. The molecule has 0 spiro atoms. The molecule has 0 N–H and O–H groups in total. The second-order valence-corrected chi connectivity index (χ2v) is 5.85. The van der Waals surface area contributed by atoms with Gasteiger partial charge < -0.3 is 0 Å². The Morgan fingerprint density at radius 3 is 2.64 bits per heavy atom. The van der Waals surface area contributed by atoms with Gasteiger partial charge >= 0.3 is 0 Å². The fraction of sp³-hybridized carbons (Fsp3) is 0.125. The maximum Gasteiger partial charge on any atom is 0.276 e. The van der Waals surface area contributed by atoms with Gasteiger partial charge in [-0.1, -0.05) is 25.1 Å². The highest BCUT2D eigenvalue weighted by atomic mass is 32.1. The molecule has 0 bridgehead atoms. The van der Waals surface area contributed by atoms with Crippen molar-refractivity contribution in [1.82, 2.24) is 19.5 Å². The Hall–Kier alpha value is -2.60. The van der Waals surface area contributed by atoms with Crippen molar-refractivity contribution < 1.29 is 0 Å². The number of rotatable bonds is 2. The number of hydrogen-bond donors (Lipinski definition) is 0. The molecule has 0 fully saturated rings. The van der Waals surface area contributed by atoms with E-state index in [1.54, 1.807) is 17.0 Å². The molecule has 4 rings (SSSR count). The van der Waals surface area contributed by atoms with Crippen molar-refractivity contribution >= 4 is 31.9 Å². The zero-order valence-electron chi connectivity index (χ0n) is 11.9. The van der Waals surface area contributed by atoms with Crippen molar-refractivity contribution in [2.75, 3.05) is 0 Å². The Morgan fingerprint density at radius 2 is 1.86 bits per heavy atom. The molecule has 1 aromatic carbocycles. The number of aromatic nitrogens is 4. The Labute approximate surface area is 129 Å². The first kappa shape index (κ1) is 13.1. The number of hydrogen-bond acceptors (Lipinski definition) is 5. The maximum atomic E-state index is 13.0. The molecular formula is C16H12N4OS. The molecule has 6 heteroatoms. The fourth-order valence-corrected chi connectivity index (χ4v) is 3.51. The number of para-hydroxylation sites is 1. The molecule has 0 aliphatic heterocycles. The lowest BCUT2D eigenvalue weighted by molar-refractivity contribution is 0.836. The minimum absolute atomic E-state index is 0.0575. The SMILES string of the molecule is CCc1nc2c(sc3nccnc32)c(=O)n1-c1ccccc1. The van der Waals surface area contributed by atoms with Gasteiger partial charge in [0.25, 0.3) is 5.56 Å². The zero-order valence-corrected chi connectivity index (χ0v) is 12.7. The van der Waals surface area contributed by atoms with Gasteiger partial charge in [0.15, 0.2) is 0 Å². The van der Waals surface area contributed by atoms with Crippen LogP contribution in [0.3, 0.4) is 0 Å². The highest BCUT2D eigenvalue weighted by Gasteiger charge is 2.17. The Morgan fingerprint density at radius 1 is 1.09 bits per heavy atom. The largest absolute Gasteiger partial charge is 0.276 e. The lowest BCUT2D eigenvalue weighted by atomic mass is 10.3. The van der Waals surface area contributed by atoms with E-state index in [-0.39, 0.29) is 5.56 Å². The van der Waals surface area contributed by atoms with Crippen molar-refractivity contribution in [3.05, 3.63) is 58.9 Å². The molecule has 3 aromatic heterocycles. The van der Waals surface area contributed by atoms with E-state index in [0.29, 0.717) is 22.2 Å². The molecule has 0 unspecified atom stereocenters. The smallest absolute Gasteiger partial charge is 0.267 e. The molecule has 108 valence electrons. The highest BCUT2D eigenvalue weighted by molar-refractivity contribution is 7.25. The molecule has 0 aliphatic carbocycles. The maximum absolute atomic E-state index is 13.0. The quantitative estimate of drug-likeness (QED) is 0.571.